The molecule has 0 aliphatic heterocycles. The van der Waals surface area contributed by atoms with Crippen LogP contribution in [0.1, 0.15) is 70.5 Å². The third-order valence-electron chi connectivity index (χ3n) is 4.32. The Labute approximate surface area is 127 Å². The number of aliphatic hydroxyl groups is 1. The largest absolute Gasteiger partial charge is 0.395 e. The molecule has 1 aromatic heterocycles. The van der Waals surface area contributed by atoms with Gasteiger partial charge in [0.15, 0.2) is 5.82 Å². The third kappa shape index (κ3) is 4.78. The lowest BCUT2D eigenvalue weighted by Gasteiger charge is -2.31. The number of nitrogens with zero attached hydrogens (tertiary/aromatic N) is 2. The van der Waals surface area contributed by atoms with Gasteiger partial charge in [-0.1, -0.05) is 25.9 Å². The van der Waals surface area contributed by atoms with E-state index in [-0.39, 0.29) is 12.6 Å². The molecule has 0 aromatic carbocycles. The summed E-state index contributed by atoms with van der Waals surface area (Å²) in [7, 11) is 0. The summed E-state index contributed by atoms with van der Waals surface area (Å²) in [4.78, 5) is 4.46. The van der Waals surface area contributed by atoms with E-state index >= 15 is 0 Å². The van der Waals surface area contributed by atoms with Gasteiger partial charge >= 0.3 is 0 Å². The number of aryl methyl sites for hydroxylation is 1. The molecule has 1 atom stereocenters. The molecule has 2 N–H and O–H groups in total. The van der Waals surface area contributed by atoms with Crippen LogP contribution in [0.3, 0.4) is 0 Å². The highest BCUT2D eigenvalue weighted by Gasteiger charge is 2.27. The van der Waals surface area contributed by atoms with Crippen LogP contribution in [0.25, 0.3) is 0 Å². The fourth-order valence-corrected chi connectivity index (χ4v) is 3.18. The van der Waals surface area contributed by atoms with Gasteiger partial charge in [0.2, 0.25) is 5.89 Å². The zero-order chi connectivity index (χ0) is 15.2. The van der Waals surface area contributed by atoms with Crippen molar-refractivity contribution < 1.29 is 9.63 Å². The van der Waals surface area contributed by atoms with Crippen LogP contribution in [0, 0.1) is 5.92 Å². The average molecular weight is 295 g/mol. The molecule has 1 heterocycles. The maximum atomic E-state index is 9.47. The maximum absolute atomic E-state index is 9.47. The number of hydrogen-bond donors (Lipinski definition) is 2. The second kappa shape index (κ2) is 7.90. The number of rotatable bonds is 7. The van der Waals surface area contributed by atoms with E-state index in [0.29, 0.717) is 17.9 Å². The fraction of sp³-hybridized carbons (Fsp3) is 0.875. The summed E-state index contributed by atoms with van der Waals surface area (Å²) in [6.45, 7) is 6.66. The Morgan fingerprint density at radius 1 is 1.29 bits per heavy atom. The molecular weight excluding hydrogens is 266 g/mol. The van der Waals surface area contributed by atoms with Crippen LogP contribution in [0.15, 0.2) is 4.52 Å². The van der Waals surface area contributed by atoms with Crippen molar-refractivity contribution in [2.24, 2.45) is 5.92 Å². The van der Waals surface area contributed by atoms with Crippen LogP contribution in [-0.4, -0.2) is 33.9 Å². The maximum Gasteiger partial charge on any atom is 0.229 e. The van der Waals surface area contributed by atoms with Gasteiger partial charge in [-0.3, -0.25) is 0 Å². The van der Waals surface area contributed by atoms with Crippen LogP contribution in [0.5, 0.6) is 0 Å². The van der Waals surface area contributed by atoms with E-state index in [0.717, 1.165) is 50.2 Å². The molecule has 0 amide bonds. The van der Waals surface area contributed by atoms with Crippen LogP contribution in [-0.2, 0) is 6.42 Å². The molecule has 1 unspecified atom stereocenters. The zero-order valence-electron chi connectivity index (χ0n) is 13.5. The Morgan fingerprint density at radius 3 is 2.52 bits per heavy atom. The first kappa shape index (κ1) is 16.4. The van der Waals surface area contributed by atoms with E-state index in [4.69, 9.17) is 4.52 Å². The molecule has 1 aliphatic carbocycles. The van der Waals surface area contributed by atoms with Crippen molar-refractivity contribution in [1.29, 1.82) is 0 Å². The van der Waals surface area contributed by atoms with E-state index in [1.165, 1.54) is 0 Å². The first-order valence-electron chi connectivity index (χ1n) is 8.31. The van der Waals surface area contributed by atoms with E-state index in [1.807, 2.05) is 6.92 Å². The van der Waals surface area contributed by atoms with Gasteiger partial charge in [-0.25, -0.2) is 0 Å². The summed E-state index contributed by atoms with van der Waals surface area (Å²) in [6.07, 6.45) is 6.26. The first-order chi connectivity index (χ1) is 10.1. The van der Waals surface area contributed by atoms with E-state index in [2.05, 4.69) is 29.3 Å². The molecule has 5 nitrogen and oxygen atoms in total. The molecule has 120 valence electrons. The lowest BCUT2D eigenvalue weighted by molar-refractivity contribution is 0.194. The van der Waals surface area contributed by atoms with Crippen molar-refractivity contribution in [3.63, 3.8) is 0 Å². The summed E-state index contributed by atoms with van der Waals surface area (Å²) in [5, 5.41) is 17.1. The van der Waals surface area contributed by atoms with Gasteiger partial charge in [0, 0.05) is 24.4 Å². The van der Waals surface area contributed by atoms with Crippen molar-refractivity contribution in [3.05, 3.63) is 11.7 Å². The number of aliphatic hydroxyl groups excluding tert-OH is 1. The van der Waals surface area contributed by atoms with Crippen LogP contribution < -0.4 is 5.32 Å². The highest BCUT2D eigenvalue weighted by molar-refractivity contribution is 4.97. The highest BCUT2D eigenvalue weighted by Crippen LogP contribution is 2.32. The minimum absolute atomic E-state index is 0.224. The molecule has 0 radical (unpaired) electrons. The molecule has 0 spiro atoms. The standard InChI is InChI=1S/C16H29N3O2/c1-4-15-18-16(21-19-15)12-5-7-13(8-6-12)17-14(10-20)9-11(2)3/h11-14,17,20H,4-10H2,1-3H3. The Bertz CT molecular complexity index is 411. The van der Waals surface area contributed by atoms with E-state index < -0.39 is 0 Å². The molecule has 0 bridgehead atoms. The summed E-state index contributed by atoms with van der Waals surface area (Å²) >= 11 is 0. The van der Waals surface area contributed by atoms with Gasteiger partial charge in [0.1, 0.15) is 0 Å². The molecule has 5 heteroatoms. The summed E-state index contributed by atoms with van der Waals surface area (Å²) in [6, 6.07) is 0.729. The lowest BCUT2D eigenvalue weighted by Crippen LogP contribution is -2.42. The van der Waals surface area contributed by atoms with Crippen molar-refractivity contribution >= 4 is 0 Å². The van der Waals surface area contributed by atoms with E-state index in [9.17, 15) is 5.11 Å². The van der Waals surface area contributed by atoms with Crippen molar-refractivity contribution in [2.75, 3.05) is 6.61 Å². The van der Waals surface area contributed by atoms with Crippen molar-refractivity contribution in [3.8, 4) is 0 Å². The quantitative estimate of drug-likeness (QED) is 0.809. The predicted octanol–water partition coefficient (Wildman–Crippen LogP) is 2.65. The fourth-order valence-electron chi connectivity index (χ4n) is 3.18. The van der Waals surface area contributed by atoms with Gasteiger partial charge in [0.05, 0.1) is 6.61 Å². The number of nitrogens with one attached hydrogen (secondary N) is 1. The molecular formula is C16H29N3O2. The van der Waals surface area contributed by atoms with Crippen molar-refractivity contribution in [2.45, 2.75) is 77.3 Å². The SMILES string of the molecule is CCc1noc(C2CCC(NC(CO)CC(C)C)CC2)n1. The monoisotopic (exact) mass is 295 g/mol. The van der Waals surface area contributed by atoms with Gasteiger partial charge in [-0.2, -0.15) is 4.98 Å². The zero-order valence-corrected chi connectivity index (χ0v) is 13.5. The van der Waals surface area contributed by atoms with E-state index in [1.54, 1.807) is 0 Å². The summed E-state index contributed by atoms with van der Waals surface area (Å²) in [5.74, 6) is 2.64. The minimum Gasteiger partial charge on any atom is -0.395 e. The smallest absolute Gasteiger partial charge is 0.229 e. The Morgan fingerprint density at radius 2 is 2.00 bits per heavy atom. The summed E-state index contributed by atoms with van der Waals surface area (Å²) in [5.41, 5.74) is 0. The highest BCUT2D eigenvalue weighted by atomic mass is 16.5. The number of aromatic nitrogens is 2. The number of hydrogen-bond acceptors (Lipinski definition) is 5. The molecule has 21 heavy (non-hydrogen) atoms. The average Bonchev–Trinajstić information content (AvgIpc) is 2.96. The van der Waals surface area contributed by atoms with Gasteiger partial charge < -0.3 is 14.9 Å². The van der Waals surface area contributed by atoms with Crippen LogP contribution in [0.4, 0.5) is 0 Å². The molecule has 0 saturated heterocycles. The minimum atomic E-state index is 0.224. The molecule has 2 rings (SSSR count). The summed E-state index contributed by atoms with van der Waals surface area (Å²) < 4.78 is 5.36. The molecule has 1 aliphatic rings. The first-order valence-corrected chi connectivity index (χ1v) is 8.31. The van der Waals surface area contributed by atoms with Gasteiger partial charge in [-0.15, -0.1) is 0 Å². The molecule has 1 saturated carbocycles. The molecule has 1 fully saturated rings. The van der Waals surface area contributed by atoms with Gasteiger partial charge in [-0.05, 0) is 38.0 Å². The topological polar surface area (TPSA) is 71.2 Å². The second-order valence-electron chi connectivity index (χ2n) is 6.63. The predicted molar refractivity (Wildman–Crippen MR) is 82.1 cm³/mol. The Hall–Kier alpha value is -0.940. The Kier molecular flexibility index (Phi) is 6.18. The van der Waals surface area contributed by atoms with Crippen molar-refractivity contribution in [1.82, 2.24) is 15.5 Å². The second-order valence-corrected chi connectivity index (χ2v) is 6.63. The van der Waals surface area contributed by atoms with Gasteiger partial charge in [0.25, 0.3) is 0 Å². The third-order valence-corrected chi connectivity index (χ3v) is 4.32. The van der Waals surface area contributed by atoms with Crippen LogP contribution in [0.2, 0.25) is 0 Å². The normalized spacial score (nSPS) is 24.4. The molecule has 1 aromatic rings. The van der Waals surface area contributed by atoms with Crippen LogP contribution >= 0.6 is 0 Å². The lowest BCUT2D eigenvalue weighted by atomic mass is 9.85. The Balaban J connectivity index is 1.79.